The van der Waals surface area contributed by atoms with Gasteiger partial charge in [0.05, 0.1) is 90.5 Å². The van der Waals surface area contributed by atoms with Gasteiger partial charge >= 0.3 is 0 Å². The summed E-state index contributed by atoms with van der Waals surface area (Å²) in [7, 11) is 0. The van der Waals surface area contributed by atoms with E-state index in [-0.39, 0.29) is 0 Å². The average Bonchev–Trinajstić information content (AvgIpc) is 1.32. The zero-order chi connectivity index (χ0) is 88.1. The third kappa shape index (κ3) is 14.7. The molecule has 0 aliphatic rings. The van der Waals surface area contributed by atoms with Crippen molar-refractivity contribution in [2.75, 3.05) is 0 Å². The lowest BCUT2D eigenvalue weighted by Gasteiger charge is -2.16. The molecule has 0 saturated carbocycles. The van der Waals surface area contributed by atoms with Crippen LogP contribution >= 0.6 is 0 Å². The first-order valence-electron chi connectivity index (χ1n) is 44.6. The quantitative estimate of drug-likeness (QED) is 0.0977. The number of pyridine rings is 9. The SMILES string of the molecule is c1ccc(-c2cc(-c3cccc(-n4c5ccccc5c5ncccc54)c3)cc(-c3ccc4ccc5cccc6ccc3c4c56)n2)nc1.c1ccc(-c2ccc(-c3cc(-c4ccc(-n5c6ccccc6c6cccnc65)cc4)nc(-c4ccccn4)c3)cc2)cc1.c1ccc(-c2ccc(-c3cc(-c4ccc(-n5c6ccccc6c6ccncc65)cc4)nc(-c4ccccn4)c3)cc2)cc1. The lowest BCUT2D eigenvalue weighted by molar-refractivity contribution is 1.13. The fourth-order valence-electron chi connectivity index (χ4n) is 19.0. The first-order chi connectivity index (χ1) is 65.9. The van der Waals surface area contributed by atoms with Crippen LogP contribution in [0.5, 0.6) is 0 Å². The van der Waals surface area contributed by atoms with E-state index in [0.717, 1.165) is 168 Å². The van der Waals surface area contributed by atoms with E-state index < -0.39 is 0 Å². The van der Waals surface area contributed by atoms with E-state index in [9.17, 15) is 0 Å². The Balaban J connectivity index is 0.000000110. The van der Waals surface area contributed by atoms with Gasteiger partial charge in [-0.3, -0.25) is 29.5 Å². The van der Waals surface area contributed by atoms with Crippen LogP contribution in [0.15, 0.2) is 474 Å². The van der Waals surface area contributed by atoms with Gasteiger partial charge in [0.1, 0.15) is 5.65 Å². The van der Waals surface area contributed by atoms with E-state index in [4.69, 9.17) is 29.9 Å². The maximum atomic E-state index is 5.26. The van der Waals surface area contributed by atoms with Crippen molar-refractivity contribution in [1.29, 1.82) is 0 Å². The van der Waals surface area contributed by atoms with Gasteiger partial charge < -0.3 is 9.13 Å². The molecule has 0 aliphatic heterocycles. The van der Waals surface area contributed by atoms with Crippen LogP contribution in [0.25, 0.3) is 239 Å². The van der Waals surface area contributed by atoms with Gasteiger partial charge in [0, 0.05) is 97.9 Å². The molecule has 12 nitrogen and oxygen atoms in total. The molecule has 12 heterocycles. The number of hydrogen-bond acceptors (Lipinski definition) is 9. The Hall–Kier alpha value is -18.1. The molecule has 12 aromatic heterocycles. The largest absolute Gasteiger partial charge is 0.308 e. The molecule has 0 atom stereocenters. The summed E-state index contributed by atoms with van der Waals surface area (Å²) in [6.07, 6.45) is 13.0. The molecular weight excluding hydrogens is 1620 g/mol. The van der Waals surface area contributed by atoms with E-state index in [1.54, 1.807) is 0 Å². The first kappa shape index (κ1) is 78.4. The molecular formula is C121H78N12. The Bertz CT molecular complexity index is 8330. The van der Waals surface area contributed by atoms with Gasteiger partial charge in [0.2, 0.25) is 0 Å². The Kier molecular flexibility index (Phi) is 20.0. The summed E-state index contributed by atoms with van der Waals surface area (Å²) in [5.74, 6) is 0. The second kappa shape index (κ2) is 33.9. The molecule has 14 aromatic carbocycles. The minimum Gasteiger partial charge on any atom is -0.308 e. The first-order valence-corrected chi connectivity index (χ1v) is 44.6. The maximum absolute atomic E-state index is 5.26. The van der Waals surface area contributed by atoms with Gasteiger partial charge in [0.25, 0.3) is 0 Å². The Morgan fingerprint density at radius 3 is 1.14 bits per heavy atom. The molecule has 0 spiro atoms. The molecule has 0 unspecified atom stereocenters. The molecule has 0 aliphatic carbocycles. The van der Waals surface area contributed by atoms with E-state index in [1.807, 2.05) is 122 Å². The van der Waals surface area contributed by atoms with Crippen LogP contribution in [-0.2, 0) is 0 Å². The topological polar surface area (TPSA) is 131 Å². The van der Waals surface area contributed by atoms with Gasteiger partial charge in [-0.1, -0.05) is 273 Å². The minimum atomic E-state index is 0.843. The van der Waals surface area contributed by atoms with Crippen molar-refractivity contribution in [3.05, 3.63) is 474 Å². The molecule has 0 N–H and O–H groups in total. The van der Waals surface area contributed by atoms with Crippen LogP contribution in [-0.4, -0.2) is 58.6 Å². The summed E-state index contributed by atoms with van der Waals surface area (Å²) in [5, 5.41) is 13.4. The molecule has 26 aromatic rings. The summed E-state index contributed by atoms with van der Waals surface area (Å²) < 4.78 is 6.81. The zero-order valence-corrected chi connectivity index (χ0v) is 71.9. The Morgan fingerprint density at radius 1 is 0.173 bits per heavy atom. The average molecular weight is 1700 g/mol. The van der Waals surface area contributed by atoms with Crippen molar-refractivity contribution in [2.45, 2.75) is 0 Å². The van der Waals surface area contributed by atoms with Crippen LogP contribution < -0.4 is 0 Å². The smallest absolute Gasteiger partial charge is 0.145 e. The Labute approximate surface area is 766 Å². The summed E-state index contributed by atoms with van der Waals surface area (Å²) in [6.45, 7) is 0. The van der Waals surface area contributed by atoms with Gasteiger partial charge in [-0.15, -0.1) is 0 Å². The Morgan fingerprint density at radius 2 is 0.564 bits per heavy atom. The highest BCUT2D eigenvalue weighted by molar-refractivity contribution is 6.25. The molecule has 0 radical (unpaired) electrons. The highest BCUT2D eigenvalue weighted by atomic mass is 15.0. The van der Waals surface area contributed by atoms with E-state index in [0.29, 0.717) is 0 Å². The van der Waals surface area contributed by atoms with Gasteiger partial charge in [0.15, 0.2) is 0 Å². The number of rotatable bonds is 14. The van der Waals surface area contributed by atoms with Crippen LogP contribution in [0.4, 0.5) is 0 Å². The molecule has 0 bridgehead atoms. The molecule has 0 fully saturated rings. The number of aromatic nitrogens is 12. The highest BCUT2D eigenvalue weighted by Gasteiger charge is 2.22. The molecule has 133 heavy (non-hydrogen) atoms. The van der Waals surface area contributed by atoms with E-state index >= 15 is 0 Å². The van der Waals surface area contributed by atoms with Gasteiger partial charge in [-0.2, -0.15) is 0 Å². The van der Waals surface area contributed by atoms with Crippen molar-refractivity contribution in [3.63, 3.8) is 0 Å². The van der Waals surface area contributed by atoms with Crippen LogP contribution in [0.3, 0.4) is 0 Å². The predicted molar refractivity (Wildman–Crippen MR) is 546 cm³/mol. The van der Waals surface area contributed by atoms with Crippen molar-refractivity contribution >= 4 is 98.0 Å². The normalized spacial score (nSPS) is 11.5. The minimum absolute atomic E-state index is 0.843. The highest BCUT2D eigenvalue weighted by Crippen LogP contribution is 2.44. The van der Waals surface area contributed by atoms with Crippen LogP contribution in [0.1, 0.15) is 0 Å². The number of nitrogens with zero attached hydrogens (tertiary/aromatic N) is 12. The lowest BCUT2D eigenvalue weighted by atomic mass is 9.90. The summed E-state index contributed by atoms with van der Waals surface area (Å²) >= 11 is 0. The molecule has 26 rings (SSSR count). The summed E-state index contributed by atoms with van der Waals surface area (Å²) in [6, 6.07) is 151. The fourth-order valence-corrected chi connectivity index (χ4v) is 19.0. The molecule has 0 amide bonds. The summed E-state index contributed by atoms with van der Waals surface area (Å²) in [4.78, 5) is 43.2. The second-order valence-electron chi connectivity index (χ2n) is 33.2. The predicted octanol–water partition coefficient (Wildman–Crippen LogP) is 30.1. The zero-order valence-electron chi connectivity index (χ0n) is 71.9. The van der Waals surface area contributed by atoms with Crippen molar-refractivity contribution in [2.24, 2.45) is 0 Å². The van der Waals surface area contributed by atoms with Crippen molar-refractivity contribution in [3.8, 4) is 141 Å². The number of fused-ring (bicyclic) bond motifs is 9. The van der Waals surface area contributed by atoms with Gasteiger partial charge in [-0.25, -0.2) is 19.9 Å². The fraction of sp³-hybridized carbons (Fsp3) is 0. The third-order valence-electron chi connectivity index (χ3n) is 25.3. The number of para-hydroxylation sites is 3. The standard InChI is InChI=1S/C43H26N4.2C39H26N4/c1-2-14-39-35(12-1)43-40(15-7-23-45-43)47(39)32-11-6-10-30(24-32)31-25-37(46-38(26-31)36-13-3-4-22-44-36)33-20-18-29-17-16-27-8-5-9-28-19-21-34(33)42(29)41(27)28;1-2-9-27(10-3-1)28-15-17-29(18-16-28)31-25-36(42-37(26-31)35-13-6-7-23-40-35)30-19-21-32(22-20-30)43-38-14-5-4-11-33(38)34-12-8-24-41-39(34)43;1-2-8-27(9-3-1)28-13-15-29(16-14-28)31-24-36(42-37(25-31)35-11-6-7-22-41-35)30-17-19-32(20-18-30)43-38-12-5-4-10-33(38)34-21-23-40-26-39(34)43/h1-26H;2*1-26H. The maximum Gasteiger partial charge on any atom is 0.145 e. The third-order valence-corrected chi connectivity index (χ3v) is 25.3. The van der Waals surface area contributed by atoms with Crippen molar-refractivity contribution in [1.82, 2.24) is 58.6 Å². The lowest BCUT2D eigenvalue weighted by Crippen LogP contribution is -1.96. The molecule has 0 saturated heterocycles. The van der Waals surface area contributed by atoms with Crippen molar-refractivity contribution < 1.29 is 0 Å². The monoisotopic (exact) mass is 1700 g/mol. The second-order valence-corrected chi connectivity index (χ2v) is 33.2. The van der Waals surface area contributed by atoms with Gasteiger partial charge in [-0.05, 0) is 246 Å². The molecule has 12 heteroatoms. The number of hydrogen-bond donors (Lipinski definition) is 0. The van der Waals surface area contributed by atoms with E-state index in [2.05, 4.69) is 381 Å². The summed E-state index contributed by atoms with van der Waals surface area (Å²) in [5.41, 5.74) is 33.3. The van der Waals surface area contributed by atoms with Crippen LogP contribution in [0, 0.1) is 0 Å². The van der Waals surface area contributed by atoms with Crippen LogP contribution in [0.2, 0.25) is 0 Å². The van der Waals surface area contributed by atoms with E-state index in [1.165, 1.54) is 70.7 Å². The molecule has 622 valence electrons. The number of benzene rings is 14.